The van der Waals surface area contributed by atoms with Crippen LogP contribution in [-0.2, 0) is 18.1 Å². The average molecular weight is 360 g/mol. The van der Waals surface area contributed by atoms with Crippen LogP contribution in [0.4, 0.5) is 0 Å². The van der Waals surface area contributed by atoms with E-state index in [-0.39, 0.29) is 32.2 Å². The molecule has 8 heteroatoms. The molecular formula is C16H25O7P. The third-order valence-electron chi connectivity index (χ3n) is 3.31. The van der Waals surface area contributed by atoms with Gasteiger partial charge in [-0.05, 0) is 51.0 Å². The van der Waals surface area contributed by atoms with Crippen molar-refractivity contribution in [2.75, 3.05) is 33.0 Å². The molecule has 1 aromatic rings. The van der Waals surface area contributed by atoms with Gasteiger partial charge in [0.05, 0.1) is 19.8 Å². The summed E-state index contributed by atoms with van der Waals surface area (Å²) in [6.45, 7) is 6.93. The number of benzene rings is 1. The first-order valence-corrected chi connectivity index (χ1v) is 9.25. The van der Waals surface area contributed by atoms with Crippen LogP contribution in [0.1, 0.15) is 35.3 Å². The molecule has 0 bridgehead atoms. The minimum atomic E-state index is -3.72. The molecule has 0 heterocycles. The number of phosphoric ester groups is 1. The Morgan fingerprint density at radius 3 is 2.25 bits per heavy atom. The van der Waals surface area contributed by atoms with Crippen LogP contribution in [0.25, 0.3) is 0 Å². The minimum Gasteiger partial charge on any atom is -0.491 e. The van der Waals surface area contributed by atoms with Crippen LogP contribution < -0.4 is 4.74 Å². The molecule has 24 heavy (non-hydrogen) atoms. The molecule has 1 N–H and O–H groups in total. The van der Waals surface area contributed by atoms with Gasteiger partial charge in [0, 0.05) is 5.56 Å². The molecule has 0 aliphatic heterocycles. The number of hydrogen-bond acceptors (Lipinski definition) is 7. The van der Waals surface area contributed by atoms with Crippen molar-refractivity contribution >= 4 is 13.6 Å². The predicted octanol–water partition coefficient (Wildman–Crippen LogP) is 3.05. The summed E-state index contributed by atoms with van der Waals surface area (Å²) in [6.07, 6.45) is 0. The van der Waals surface area contributed by atoms with Crippen LogP contribution >= 0.6 is 7.82 Å². The highest BCUT2D eigenvalue weighted by Gasteiger charge is 2.27. The summed E-state index contributed by atoms with van der Waals surface area (Å²) in [7, 11) is -3.72. The maximum atomic E-state index is 12.4. The lowest BCUT2D eigenvalue weighted by molar-refractivity contribution is 0.0815. The van der Waals surface area contributed by atoms with Crippen molar-refractivity contribution in [1.29, 1.82) is 0 Å². The maximum Gasteiger partial charge on any atom is 0.475 e. The van der Waals surface area contributed by atoms with Crippen molar-refractivity contribution in [3.8, 4) is 5.75 Å². The number of aliphatic hydroxyl groups is 1. The summed E-state index contributed by atoms with van der Waals surface area (Å²) < 4.78 is 32.7. The fraction of sp³-hybridized carbons (Fsp3) is 0.562. The van der Waals surface area contributed by atoms with E-state index in [4.69, 9.17) is 23.4 Å². The molecular weight excluding hydrogens is 335 g/mol. The summed E-state index contributed by atoms with van der Waals surface area (Å²) in [5.74, 6) is 0.275. The van der Waals surface area contributed by atoms with Gasteiger partial charge < -0.3 is 9.84 Å². The quantitative estimate of drug-likeness (QED) is 0.479. The van der Waals surface area contributed by atoms with Gasteiger partial charge in [0.1, 0.15) is 19.0 Å². The average Bonchev–Trinajstić information content (AvgIpc) is 2.54. The molecule has 1 aromatic carbocycles. The molecule has 0 aromatic heterocycles. The zero-order valence-corrected chi connectivity index (χ0v) is 15.4. The number of hydrogen-bond donors (Lipinski definition) is 1. The summed E-state index contributed by atoms with van der Waals surface area (Å²) in [5.41, 5.74) is 1.98. The number of ether oxygens (including phenoxy) is 1. The summed E-state index contributed by atoms with van der Waals surface area (Å²) in [6, 6.07) is 3.28. The summed E-state index contributed by atoms with van der Waals surface area (Å²) >= 11 is 0. The number of phosphoric acid groups is 1. The van der Waals surface area contributed by atoms with Crippen LogP contribution in [0.15, 0.2) is 12.1 Å². The molecule has 0 fully saturated rings. The Balaban J connectivity index is 2.84. The molecule has 136 valence electrons. The van der Waals surface area contributed by atoms with Gasteiger partial charge in [-0.25, -0.2) is 4.57 Å². The van der Waals surface area contributed by atoms with Gasteiger partial charge in [-0.1, -0.05) is 0 Å². The Bertz CT molecular complexity index is 590. The lowest BCUT2D eigenvalue weighted by Gasteiger charge is -2.17. The van der Waals surface area contributed by atoms with E-state index < -0.39 is 14.4 Å². The molecule has 0 aliphatic carbocycles. The van der Waals surface area contributed by atoms with Gasteiger partial charge in [0.15, 0.2) is 5.78 Å². The predicted molar refractivity (Wildman–Crippen MR) is 89.6 cm³/mol. The van der Waals surface area contributed by atoms with E-state index in [2.05, 4.69) is 0 Å². The van der Waals surface area contributed by atoms with E-state index in [1.54, 1.807) is 32.9 Å². The maximum absolute atomic E-state index is 12.4. The first-order valence-electron chi connectivity index (χ1n) is 7.79. The molecule has 7 nitrogen and oxygen atoms in total. The number of Topliss-reactive ketones (excluding diaryl/α,β-unsaturated/α-hetero) is 1. The second-order valence-corrected chi connectivity index (χ2v) is 6.58. The van der Waals surface area contributed by atoms with Crippen LogP contribution in [0.3, 0.4) is 0 Å². The van der Waals surface area contributed by atoms with Crippen molar-refractivity contribution in [3.05, 3.63) is 28.8 Å². The second kappa shape index (κ2) is 9.91. The molecule has 0 saturated carbocycles. The van der Waals surface area contributed by atoms with E-state index in [9.17, 15) is 9.36 Å². The van der Waals surface area contributed by atoms with E-state index >= 15 is 0 Å². The fourth-order valence-corrected chi connectivity index (χ4v) is 3.18. The number of carbonyl (C=O) groups excluding carboxylic acids is 1. The third-order valence-corrected chi connectivity index (χ3v) is 4.91. The largest absolute Gasteiger partial charge is 0.491 e. The van der Waals surface area contributed by atoms with Crippen LogP contribution in [0.5, 0.6) is 5.75 Å². The van der Waals surface area contributed by atoms with Gasteiger partial charge in [0.2, 0.25) is 0 Å². The van der Waals surface area contributed by atoms with Gasteiger partial charge in [-0.2, -0.15) is 0 Å². The third kappa shape index (κ3) is 5.69. The van der Waals surface area contributed by atoms with E-state index in [0.29, 0.717) is 11.3 Å². The van der Waals surface area contributed by atoms with Crippen LogP contribution in [-0.4, -0.2) is 43.9 Å². The highest BCUT2D eigenvalue weighted by atomic mass is 31.2. The lowest BCUT2D eigenvalue weighted by Crippen LogP contribution is -2.13. The fourth-order valence-electron chi connectivity index (χ4n) is 2.05. The van der Waals surface area contributed by atoms with Crippen LogP contribution in [0.2, 0.25) is 0 Å². The number of carbonyl (C=O) groups is 1. The Labute approximate surface area is 142 Å². The molecule has 0 unspecified atom stereocenters. The van der Waals surface area contributed by atoms with Crippen molar-refractivity contribution < 1.29 is 32.8 Å². The number of aliphatic hydroxyl groups excluding tert-OH is 1. The van der Waals surface area contributed by atoms with E-state index in [1.165, 1.54) is 0 Å². The van der Waals surface area contributed by atoms with Crippen LogP contribution in [0, 0.1) is 13.8 Å². The van der Waals surface area contributed by atoms with Gasteiger partial charge in [-0.15, -0.1) is 0 Å². The second-order valence-electron chi connectivity index (χ2n) is 4.91. The zero-order valence-electron chi connectivity index (χ0n) is 14.5. The number of ketones is 1. The molecule has 0 amide bonds. The molecule has 0 atom stereocenters. The summed E-state index contributed by atoms with van der Waals surface area (Å²) in [5, 5.41) is 8.82. The Hall–Kier alpha value is -1.24. The molecule has 0 aliphatic rings. The lowest BCUT2D eigenvalue weighted by atomic mass is 9.99. The molecule has 0 saturated heterocycles. The van der Waals surface area contributed by atoms with Gasteiger partial charge in [-0.3, -0.25) is 18.4 Å². The van der Waals surface area contributed by atoms with Crippen molar-refractivity contribution in [3.63, 3.8) is 0 Å². The zero-order chi connectivity index (χ0) is 18.2. The van der Waals surface area contributed by atoms with Gasteiger partial charge >= 0.3 is 7.82 Å². The highest BCUT2D eigenvalue weighted by molar-refractivity contribution is 7.48. The first-order chi connectivity index (χ1) is 11.4. The van der Waals surface area contributed by atoms with Crippen molar-refractivity contribution in [2.45, 2.75) is 27.7 Å². The smallest absolute Gasteiger partial charge is 0.475 e. The summed E-state index contributed by atoms with van der Waals surface area (Å²) in [4.78, 5) is 12.4. The van der Waals surface area contributed by atoms with Crippen molar-refractivity contribution in [2.24, 2.45) is 0 Å². The molecule has 0 radical (unpaired) electrons. The monoisotopic (exact) mass is 360 g/mol. The van der Waals surface area contributed by atoms with Crippen molar-refractivity contribution in [1.82, 2.24) is 0 Å². The number of rotatable bonds is 11. The molecule has 0 spiro atoms. The topological polar surface area (TPSA) is 91.3 Å². The van der Waals surface area contributed by atoms with Gasteiger partial charge in [0.25, 0.3) is 0 Å². The Morgan fingerprint density at radius 1 is 1.08 bits per heavy atom. The highest BCUT2D eigenvalue weighted by Crippen LogP contribution is 2.49. The normalized spacial score (nSPS) is 11.5. The Kier molecular flexibility index (Phi) is 8.59. The SMILES string of the molecule is CCOP(=O)(OCC)OCC(=O)c1ccc(OCCO)c(C)c1C. The molecule has 1 rings (SSSR count). The standard InChI is InChI=1S/C16H25O7P/c1-5-21-24(19,22-6-2)23-11-15(18)14-7-8-16(20-10-9-17)13(4)12(14)3/h7-8,17H,5-6,9-11H2,1-4H3. The van der Waals surface area contributed by atoms with E-state index in [0.717, 1.165) is 11.1 Å². The first kappa shape index (κ1) is 20.8. The Morgan fingerprint density at radius 2 is 1.71 bits per heavy atom. The van der Waals surface area contributed by atoms with E-state index in [1.807, 2.05) is 6.92 Å². The minimum absolute atomic E-state index is 0.0862.